The minimum absolute atomic E-state index is 0.00824. The standard InChI is InChI=1S/C33H55N13O13/c1-16(27(53)40-13-23(48)39-14-24(49)45-21(32(58)59)7-9-22(34)47)42-31(57)20(8-10-26(51)52)46-28(54)17(2)43-30(56)19(6-4-12-38-33(35)36)44-25(50)15-41-29(55)18-5-3-11-37-18/h16-21,37H,3-15H2,1-2H3,(H2,34,47)(H,39,48)(H,40,53)(H,41,55)(H,42,57)(H,43,56)(H,44,50)(H,45,49)(H,46,54)(H,51,52)(H,58,59)(H4,35,36,38)/t16-,17-,18-,19-,20-,21-/m0/s1. The van der Waals surface area contributed by atoms with E-state index in [1.807, 2.05) is 0 Å². The highest BCUT2D eigenvalue weighted by molar-refractivity contribution is 5.97. The maximum atomic E-state index is 13.2. The predicted octanol–water partition coefficient (Wildman–Crippen LogP) is -7.18. The van der Waals surface area contributed by atoms with Gasteiger partial charge in [0.1, 0.15) is 30.2 Å². The van der Waals surface area contributed by atoms with Crippen molar-refractivity contribution in [1.29, 1.82) is 0 Å². The molecule has 1 fully saturated rings. The zero-order chi connectivity index (χ0) is 44.7. The fourth-order valence-corrected chi connectivity index (χ4v) is 5.16. The van der Waals surface area contributed by atoms with E-state index in [1.165, 1.54) is 13.8 Å². The largest absolute Gasteiger partial charge is 0.481 e. The fraction of sp³-hybridized carbons (Fsp3) is 0.636. The summed E-state index contributed by atoms with van der Waals surface area (Å²) in [7, 11) is 0. The van der Waals surface area contributed by atoms with E-state index in [0.29, 0.717) is 13.0 Å². The second-order valence-corrected chi connectivity index (χ2v) is 13.3. The highest BCUT2D eigenvalue weighted by atomic mass is 16.4. The Morgan fingerprint density at radius 1 is 0.644 bits per heavy atom. The number of nitrogens with two attached hydrogens (primary N) is 3. The topological polar surface area (TPSA) is 427 Å². The summed E-state index contributed by atoms with van der Waals surface area (Å²) in [4.78, 5) is 139. The molecule has 1 heterocycles. The number of aliphatic carboxylic acids is 2. The molecule has 1 aliphatic heterocycles. The number of rotatable bonds is 27. The highest BCUT2D eigenvalue weighted by Crippen LogP contribution is 2.05. The second kappa shape index (κ2) is 26.3. The Bertz CT molecular complexity index is 1580. The number of carboxylic acid groups (broad SMARTS) is 2. The van der Waals surface area contributed by atoms with Crippen molar-refractivity contribution in [2.45, 2.75) is 101 Å². The highest BCUT2D eigenvalue weighted by Gasteiger charge is 2.30. The number of amides is 9. The maximum absolute atomic E-state index is 13.2. The van der Waals surface area contributed by atoms with Crippen LogP contribution < -0.4 is 65.1 Å². The van der Waals surface area contributed by atoms with E-state index in [2.05, 4.69) is 52.8 Å². The summed E-state index contributed by atoms with van der Waals surface area (Å²) in [6.07, 6.45) is -0.00490. The monoisotopic (exact) mass is 841 g/mol. The first kappa shape index (κ1) is 50.4. The molecule has 9 amide bonds. The van der Waals surface area contributed by atoms with Gasteiger partial charge < -0.3 is 75.3 Å². The zero-order valence-electron chi connectivity index (χ0n) is 32.7. The number of carbonyl (C=O) groups excluding carboxylic acids is 9. The van der Waals surface area contributed by atoms with Gasteiger partial charge >= 0.3 is 11.9 Å². The molecule has 0 saturated carbocycles. The number of nitrogens with zero attached hydrogens (tertiary/aromatic N) is 1. The number of hydrogen-bond donors (Lipinski definition) is 14. The number of guanidine groups is 1. The van der Waals surface area contributed by atoms with Crippen LogP contribution in [0.25, 0.3) is 0 Å². The Morgan fingerprint density at radius 3 is 1.73 bits per heavy atom. The second-order valence-electron chi connectivity index (χ2n) is 13.3. The van der Waals surface area contributed by atoms with E-state index in [4.69, 9.17) is 22.3 Å². The van der Waals surface area contributed by atoms with Gasteiger partial charge in [0, 0.05) is 19.4 Å². The first-order chi connectivity index (χ1) is 27.7. The number of primary amides is 1. The average molecular weight is 842 g/mol. The minimum atomic E-state index is -1.53. The molecule has 17 N–H and O–H groups in total. The van der Waals surface area contributed by atoms with E-state index in [-0.39, 0.29) is 44.1 Å². The lowest BCUT2D eigenvalue weighted by atomic mass is 10.1. The van der Waals surface area contributed by atoms with Crippen LogP contribution in [0.2, 0.25) is 0 Å². The van der Waals surface area contributed by atoms with Crippen LogP contribution in [0.1, 0.15) is 65.2 Å². The SMILES string of the molecule is C[C@H](NC(=O)[C@H](CCCN=C(N)N)NC(=O)CNC(=O)[C@@H]1CCCN1)C(=O)N[C@@H](CCC(=O)O)C(=O)N[C@@H](C)C(=O)NCC(=O)NCC(=O)N[C@@H](CCC(N)=O)C(=O)O. The molecule has 330 valence electrons. The molecule has 0 aromatic rings. The van der Waals surface area contributed by atoms with Gasteiger partial charge in [0.2, 0.25) is 53.2 Å². The Morgan fingerprint density at radius 2 is 1.19 bits per heavy atom. The van der Waals surface area contributed by atoms with Crippen molar-refractivity contribution in [1.82, 2.24) is 47.9 Å². The Labute approximate surface area is 338 Å². The molecule has 0 radical (unpaired) electrons. The van der Waals surface area contributed by atoms with Crippen molar-refractivity contribution in [3.8, 4) is 0 Å². The summed E-state index contributed by atoms with van der Waals surface area (Å²) in [5, 5.41) is 39.8. The van der Waals surface area contributed by atoms with Gasteiger partial charge in [-0.05, 0) is 58.9 Å². The van der Waals surface area contributed by atoms with Gasteiger partial charge in [0.15, 0.2) is 5.96 Å². The van der Waals surface area contributed by atoms with E-state index < -0.39 is 128 Å². The molecule has 1 rings (SSSR count). The first-order valence-corrected chi connectivity index (χ1v) is 18.5. The summed E-state index contributed by atoms with van der Waals surface area (Å²) in [6, 6.07) is -7.33. The molecule has 0 aromatic carbocycles. The van der Waals surface area contributed by atoms with E-state index >= 15 is 0 Å². The lowest BCUT2D eigenvalue weighted by Crippen LogP contribution is -2.58. The molecular formula is C33H55N13O13. The van der Waals surface area contributed by atoms with Crippen molar-refractivity contribution < 1.29 is 63.0 Å². The molecule has 26 heteroatoms. The number of hydrogen-bond acceptors (Lipinski definition) is 13. The van der Waals surface area contributed by atoms with Crippen LogP contribution in [-0.2, 0) is 52.7 Å². The molecular weight excluding hydrogens is 786 g/mol. The lowest BCUT2D eigenvalue weighted by molar-refractivity contribution is -0.142. The van der Waals surface area contributed by atoms with Crippen molar-refractivity contribution in [3.05, 3.63) is 0 Å². The molecule has 0 spiro atoms. The van der Waals surface area contributed by atoms with Crippen molar-refractivity contribution >= 4 is 71.1 Å². The van der Waals surface area contributed by atoms with Gasteiger partial charge in [-0.1, -0.05) is 0 Å². The summed E-state index contributed by atoms with van der Waals surface area (Å²) in [5.74, 6) is -10.3. The average Bonchev–Trinajstić information content (AvgIpc) is 3.71. The fourth-order valence-electron chi connectivity index (χ4n) is 5.16. The number of nitrogens with one attached hydrogen (secondary N) is 9. The molecule has 0 aliphatic carbocycles. The van der Waals surface area contributed by atoms with Gasteiger partial charge in [-0.25, -0.2) is 4.79 Å². The predicted molar refractivity (Wildman–Crippen MR) is 204 cm³/mol. The van der Waals surface area contributed by atoms with Gasteiger partial charge in [0.25, 0.3) is 0 Å². The number of aliphatic imine (C=N–C) groups is 1. The smallest absolute Gasteiger partial charge is 0.326 e. The van der Waals surface area contributed by atoms with E-state index in [9.17, 15) is 57.8 Å². The molecule has 1 aliphatic rings. The third kappa shape index (κ3) is 21.5. The van der Waals surface area contributed by atoms with Crippen LogP contribution in [0.5, 0.6) is 0 Å². The quantitative estimate of drug-likeness (QED) is 0.0208. The van der Waals surface area contributed by atoms with Gasteiger partial charge in [-0.3, -0.25) is 52.9 Å². The Balaban J connectivity index is 2.80. The van der Waals surface area contributed by atoms with E-state index in [0.717, 1.165) is 6.42 Å². The first-order valence-electron chi connectivity index (χ1n) is 18.5. The lowest BCUT2D eigenvalue weighted by Gasteiger charge is -2.24. The summed E-state index contributed by atoms with van der Waals surface area (Å²) in [5.41, 5.74) is 15.7. The number of carboxylic acids is 2. The molecule has 0 unspecified atom stereocenters. The molecule has 1 saturated heterocycles. The Hall–Kier alpha value is -6.60. The molecule has 0 bridgehead atoms. The third-order valence-corrected chi connectivity index (χ3v) is 8.36. The van der Waals surface area contributed by atoms with Crippen LogP contribution in [0, 0.1) is 0 Å². The summed E-state index contributed by atoms with van der Waals surface area (Å²) < 4.78 is 0. The number of carbonyl (C=O) groups is 11. The molecule has 0 aromatic heterocycles. The van der Waals surface area contributed by atoms with Gasteiger partial charge in [-0.15, -0.1) is 0 Å². The summed E-state index contributed by atoms with van der Waals surface area (Å²) >= 11 is 0. The molecule has 59 heavy (non-hydrogen) atoms. The van der Waals surface area contributed by atoms with Crippen LogP contribution in [-0.4, -0.2) is 150 Å². The maximum Gasteiger partial charge on any atom is 0.326 e. The van der Waals surface area contributed by atoms with Gasteiger partial charge in [-0.2, -0.15) is 0 Å². The van der Waals surface area contributed by atoms with Crippen LogP contribution in [0.15, 0.2) is 4.99 Å². The van der Waals surface area contributed by atoms with Crippen LogP contribution in [0.3, 0.4) is 0 Å². The van der Waals surface area contributed by atoms with Crippen molar-refractivity contribution in [2.24, 2.45) is 22.2 Å². The van der Waals surface area contributed by atoms with Crippen molar-refractivity contribution in [2.75, 3.05) is 32.7 Å². The van der Waals surface area contributed by atoms with Gasteiger partial charge in [0.05, 0.1) is 25.7 Å². The van der Waals surface area contributed by atoms with E-state index in [1.54, 1.807) is 0 Å². The van der Waals surface area contributed by atoms with Crippen LogP contribution in [0.4, 0.5) is 0 Å². The van der Waals surface area contributed by atoms with Crippen molar-refractivity contribution in [3.63, 3.8) is 0 Å². The minimum Gasteiger partial charge on any atom is -0.481 e. The van der Waals surface area contributed by atoms with Crippen LogP contribution >= 0.6 is 0 Å². The Kier molecular flexibility index (Phi) is 22.5. The molecule has 6 atom stereocenters. The third-order valence-electron chi connectivity index (χ3n) is 8.36. The summed E-state index contributed by atoms with van der Waals surface area (Å²) in [6.45, 7) is 1.43. The normalized spacial score (nSPS) is 15.6. The zero-order valence-corrected chi connectivity index (χ0v) is 32.7. The molecule has 26 nitrogen and oxygen atoms in total.